The Morgan fingerprint density at radius 1 is 1.08 bits per heavy atom. The molecule has 0 aromatic heterocycles. The van der Waals surface area contributed by atoms with Crippen molar-refractivity contribution in [2.75, 3.05) is 7.11 Å². The van der Waals surface area contributed by atoms with Gasteiger partial charge in [0.25, 0.3) is 5.91 Å². The highest BCUT2D eigenvalue weighted by molar-refractivity contribution is 5.93. The molecular formula is C19H31N2O3+. The number of rotatable bonds is 7. The second-order valence-corrected chi connectivity index (χ2v) is 6.71. The van der Waals surface area contributed by atoms with Gasteiger partial charge in [0.05, 0.1) is 7.11 Å². The molecule has 0 heterocycles. The van der Waals surface area contributed by atoms with Crippen LogP contribution >= 0.6 is 0 Å². The van der Waals surface area contributed by atoms with Crippen LogP contribution in [0.2, 0.25) is 0 Å². The average Bonchev–Trinajstić information content (AvgIpc) is 2.58. The van der Waals surface area contributed by atoms with Crippen molar-refractivity contribution < 1.29 is 19.6 Å². The van der Waals surface area contributed by atoms with Crippen LogP contribution in [0.5, 0.6) is 0 Å². The van der Waals surface area contributed by atoms with E-state index in [1.807, 2.05) is 5.32 Å². The molecule has 0 spiro atoms. The molecule has 1 aromatic carbocycles. The summed E-state index contributed by atoms with van der Waals surface area (Å²) in [7, 11) is 1.24. The highest BCUT2D eigenvalue weighted by atomic mass is 16.5. The first kappa shape index (κ1) is 20.2. The van der Waals surface area contributed by atoms with Gasteiger partial charge in [0.15, 0.2) is 6.04 Å². The highest BCUT2D eigenvalue weighted by Gasteiger charge is 2.27. The number of nitrogens with one attached hydrogen (secondary N) is 1. The number of carbonyl (C=O) groups is 2. The van der Waals surface area contributed by atoms with Gasteiger partial charge in [0.1, 0.15) is 6.04 Å². The van der Waals surface area contributed by atoms with Crippen LogP contribution in [-0.2, 0) is 9.53 Å². The molecule has 3 atom stereocenters. The molecule has 2 amide bonds. The van der Waals surface area contributed by atoms with E-state index in [2.05, 4.69) is 62.0 Å². The predicted octanol–water partition coefficient (Wildman–Crippen LogP) is 2.73. The first-order valence-electron chi connectivity index (χ1n) is 8.63. The Labute approximate surface area is 145 Å². The molecule has 0 fully saturated rings. The first-order chi connectivity index (χ1) is 11.3. The zero-order valence-electron chi connectivity index (χ0n) is 15.6. The average molecular weight is 335 g/mol. The lowest BCUT2D eigenvalue weighted by Crippen LogP contribution is -2.93. The van der Waals surface area contributed by atoms with E-state index in [-0.39, 0.29) is 18.0 Å². The summed E-state index contributed by atoms with van der Waals surface area (Å²) in [6.07, 6.45) is 0.392. The quantitative estimate of drug-likeness (QED) is 0.805. The third-order valence-electron chi connectivity index (χ3n) is 4.54. The van der Waals surface area contributed by atoms with Crippen molar-refractivity contribution in [3.8, 4) is 0 Å². The number of imide groups is 1. The first-order valence-corrected chi connectivity index (χ1v) is 8.63. The second-order valence-electron chi connectivity index (χ2n) is 6.71. The lowest BCUT2D eigenvalue weighted by Gasteiger charge is -2.23. The number of ether oxygens (including phenoxy) is 1. The summed E-state index contributed by atoms with van der Waals surface area (Å²) >= 11 is 0. The summed E-state index contributed by atoms with van der Waals surface area (Å²) in [4.78, 5) is 23.2. The molecule has 0 aliphatic carbocycles. The molecule has 1 aromatic rings. The van der Waals surface area contributed by atoms with E-state index in [1.54, 1.807) is 6.92 Å². The van der Waals surface area contributed by atoms with Crippen LogP contribution in [0.3, 0.4) is 0 Å². The molecule has 5 heteroatoms. The molecule has 24 heavy (non-hydrogen) atoms. The molecule has 0 aliphatic rings. The molecule has 5 nitrogen and oxygen atoms in total. The minimum atomic E-state index is -0.723. The Bertz CT molecular complexity index is 540. The summed E-state index contributed by atoms with van der Waals surface area (Å²) in [6, 6.07) is 8.40. The summed E-state index contributed by atoms with van der Waals surface area (Å²) in [6.45, 7) is 10.5. The van der Waals surface area contributed by atoms with E-state index in [9.17, 15) is 9.59 Å². The number of methoxy groups -OCH3 is 1. The normalized spacial score (nSPS) is 14.8. The molecular weight excluding hydrogens is 304 g/mol. The fourth-order valence-corrected chi connectivity index (χ4v) is 2.66. The van der Waals surface area contributed by atoms with Crippen LogP contribution in [-0.4, -0.2) is 25.2 Å². The third kappa shape index (κ3) is 5.64. The number of nitrogens with two attached hydrogens (primary N) is 1. The van der Waals surface area contributed by atoms with E-state index in [4.69, 9.17) is 0 Å². The molecule has 1 rings (SSSR count). The largest absolute Gasteiger partial charge is 0.453 e. The standard InChI is InChI=1S/C19H30N2O3/c1-7-13(4)15-8-10-16(11-9-15)17(12(2)3)20-14(5)18(22)21-19(23)24-6/h8-14,17,20H,7H2,1-6H3,(H,21,22,23)/p+1/t13-,14-,17+/m0/s1. The van der Waals surface area contributed by atoms with Crippen LogP contribution in [0.1, 0.15) is 64.1 Å². The van der Waals surface area contributed by atoms with E-state index in [1.165, 1.54) is 18.2 Å². The van der Waals surface area contributed by atoms with Crippen LogP contribution in [0.25, 0.3) is 0 Å². The highest BCUT2D eigenvalue weighted by Crippen LogP contribution is 2.23. The second kappa shape index (κ2) is 9.42. The van der Waals surface area contributed by atoms with Crippen LogP contribution in [0.15, 0.2) is 24.3 Å². The van der Waals surface area contributed by atoms with Gasteiger partial charge in [-0.1, -0.05) is 52.0 Å². The summed E-state index contributed by atoms with van der Waals surface area (Å²) in [5.74, 6) is 0.557. The van der Waals surface area contributed by atoms with Gasteiger partial charge in [-0.15, -0.1) is 0 Å². The van der Waals surface area contributed by atoms with Gasteiger partial charge in [-0.3, -0.25) is 10.1 Å². The van der Waals surface area contributed by atoms with Crippen LogP contribution < -0.4 is 10.6 Å². The van der Waals surface area contributed by atoms with Crippen molar-refractivity contribution in [2.45, 2.75) is 59.0 Å². The number of benzene rings is 1. The van der Waals surface area contributed by atoms with E-state index < -0.39 is 6.09 Å². The number of hydrogen-bond donors (Lipinski definition) is 2. The van der Waals surface area contributed by atoms with E-state index in [0.29, 0.717) is 11.8 Å². The summed E-state index contributed by atoms with van der Waals surface area (Å²) in [5, 5.41) is 4.23. The van der Waals surface area contributed by atoms with Crippen molar-refractivity contribution in [1.82, 2.24) is 5.32 Å². The zero-order chi connectivity index (χ0) is 18.3. The maximum atomic E-state index is 12.0. The van der Waals surface area contributed by atoms with E-state index in [0.717, 1.165) is 6.42 Å². The SMILES string of the molecule is CC[C@H](C)c1ccc([C@H]([NH2+][C@@H](C)C(=O)NC(=O)OC)C(C)C)cc1. The number of carbonyl (C=O) groups excluding carboxylic acids is 2. The van der Waals surface area contributed by atoms with Crippen molar-refractivity contribution in [1.29, 1.82) is 0 Å². The third-order valence-corrected chi connectivity index (χ3v) is 4.54. The molecule has 3 N–H and O–H groups in total. The van der Waals surface area contributed by atoms with Gasteiger partial charge in [0.2, 0.25) is 0 Å². The molecule has 0 bridgehead atoms. The van der Waals surface area contributed by atoms with Gasteiger partial charge < -0.3 is 10.1 Å². The molecule has 0 unspecified atom stereocenters. The van der Waals surface area contributed by atoms with Crippen molar-refractivity contribution in [3.63, 3.8) is 0 Å². The topological polar surface area (TPSA) is 72.0 Å². The van der Waals surface area contributed by atoms with Gasteiger partial charge in [-0.25, -0.2) is 4.79 Å². The Morgan fingerprint density at radius 2 is 1.62 bits per heavy atom. The van der Waals surface area contributed by atoms with Crippen LogP contribution in [0.4, 0.5) is 4.79 Å². The van der Waals surface area contributed by atoms with Gasteiger partial charge >= 0.3 is 6.09 Å². The molecule has 0 saturated heterocycles. The summed E-state index contributed by atoms with van der Waals surface area (Å²) < 4.78 is 4.47. The fourth-order valence-electron chi connectivity index (χ4n) is 2.66. The van der Waals surface area contributed by atoms with E-state index >= 15 is 0 Å². The van der Waals surface area contributed by atoms with Gasteiger partial charge in [-0.05, 0) is 24.8 Å². The van der Waals surface area contributed by atoms with Crippen molar-refractivity contribution in [2.24, 2.45) is 5.92 Å². The molecule has 134 valence electrons. The smallest absolute Gasteiger partial charge is 0.413 e. The Kier molecular flexibility index (Phi) is 7.92. The maximum absolute atomic E-state index is 12.0. The minimum absolute atomic E-state index is 0.148. The Balaban J connectivity index is 2.83. The molecule has 0 radical (unpaired) electrons. The zero-order valence-corrected chi connectivity index (χ0v) is 15.6. The minimum Gasteiger partial charge on any atom is -0.453 e. The van der Waals surface area contributed by atoms with Gasteiger partial charge in [-0.2, -0.15) is 0 Å². The fraction of sp³-hybridized carbons (Fsp3) is 0.579. The number of quaternary nitrogens is 1. The lowest BCUT2D eigenvalue weighted by atomic mass is 9.91. The van der Waals surface area contributed by atoms with Crippen molar-refractivity contribution in [3.05, 3.63) is 35.4 Å². The molecule has 0 saturated carbocycles. The monoisotopic (exact) mass is 335 g/mol. The Hall–Kier alpha value is -1.88. The van der Waals surface area contributed by atoms with Gasteiger partial charge in [0, 0.05) is 11.5 Å². The van der Waals surface area contributed by atoms with Crippen molar-refractivity contribution >= 4 is 12.0 Å². The number of alkyl carbamates (subject to hydrolysis) is 1. The number of hydrogen-bond acceptors (Lipinski definition) is 3. The maximum Gasteiger partial charge on any atom is 0.413 e. The number of amides is 2. The predicted molar refractivity (Wildman–Crippen MR) is 94.7 cm³/mol. The lowest BCUT2D eigenvalue weighted by molar-refractivity contribution is -0.719. The molecule has 0 aliphatic heterocycles. The summed E-state index contributed by atoms with van der Waals surface area (Å²) in [5.41, 5.74) is 2.52. The Morgan fingerprint density at radius 3 is 2.08 bits per heavy atom. The van der Waals surface area contributed by atoms with Crippen LogP contribution in [0, 0.1) is 5.92 Å².